The number of halogens is 1. The number of carbonyl (C=O) groups is 4. The molecule has 11 heteroatoms. The van der Waals surface area contributed by atoms with Gasteiger partial charge in [-0.25, -0.2) is 9.18 Å². The molecular weight excluding hydrogens is 455 g/mol. The number of thioether (sulfide) groups is 1. The number of nitrogens with zero attached hydrogens (tertiary/aromatic N) is 1. The number of anilines is 1. The van der Waals surface area contributed by atoms with Crippen molar-refractivity contribution in [2.75, 3.05) is 32.7 Å². The minimum absolute atomic E-state index is 0.0609. The summed E-state index contributed by atoms with van der Waals surface area (Å²) in [5.74, 6) is -1.86. The van der Waals surface area contributed by atoms with Crippen LogP contribution in [0.3, 0.4) is 0 Å². The summed E-state index contributed by atoms with van der Waals surface area (Å²) >= 11 is 0.659. The van der Waals surface area contributed by atoms with Gasteiger partial charge in [0.05, 0.1) is 19.1 Å². The summed E-state index contributed by atoms with van der Waals surface area (Å²) in [7, 11) is 2.63. The van der Waals surface area contributed by atoms with Crippen molar-refractivity contribution in [1.82, 2.24) is 4.90 Å². The average molecular weight is 474 g/mol. The smallest absolute Gasteiger partial charge is 0.343 e. The van der Waals surface area contributed by atoms with Gasteiger partial charge >= 0.3 is 5.97 Å². The number of ether oxygens (including phenoxy) is 3. The molecule has 3 amide bonds. The highest BCUT2D eigenvalue weighted by molar-refractivity contribution is 8.18. The van der Waals surface area contributed by atoms with Crippen LogP contribution >= 0.6 is 11.8 Å². The Kier molecular flexibility index (Phi) is 7.67. The molecular formula is C22H19FN2O7S. The third-order valence-corrected chi connectivity index (χ3v) is 5.29. The van der Waals surface area contributed by atoms with Crippen LogP contribution in [-0.2, 0) is 19.1 Å². The van der Waals surface area contributed by atoms with Crippen molar-refractivity contribution < 1.29 is 37.8 Å². The summed E-state index contributed by atoms with van der Waals surface area (Å²) in [6.07, 6.45) is 1.41. The molecule has 172 valence electrons. The predicted octanol–water partition coefficient (Wildman–Crippen LogP) is 3.06. The lowest BCUT2D eigenvalue weighted by atomic mass is 10.1. The number of esters is 1. The van der Waals surface area contributed by atoms with Gasteiger partial charge in [-0.1, -0.05) is 12.1 Å². The number of rotatable bonds is 8. The van der Waals surface area contributed by atoms with Gasteiger partial charge in [-0.2, -0.15) is 0 Å². The molecule has 0 saturated carbocycles. The second-order valence-electron chi connectivity index (χ2n) is 6.57. The van der Waals surface area contributed by atoms with Gasteiger partial charge in [0.15, 0.2) is 18.1 Å². The molecule has 0 bridgehead atoms. The van der Waals surface area contributed by atoms with Gasteiger partial charge < -0.3 is 19.5 Å². The Bertz CT molecular complexity index is 1120. The number of para-hydroxylation sites is 1. The Labute approximate surface area is 192 Å². The Morgan fingerprint density at radius 1 is 1.12 bits per heavy atom. The molecule has 0 radical (unpaired) electrons. The second-order valence-corrected chi connectivity index (χ2v) is 7.56. The number of benzene rings is 2. The van der Waals surface area contributed by atoms with Gasteiger partial charge in [0, 0.05) is 11.3 Å². The second kappa shape index (κ2) is 10.6. The van der Waals surface area contributed by atoms with Crippen molar-refractivity contribution in [3.05, 3.63) is 58.8 Å². The molecule has 33 heavy (non-hydrogen) atoms. The number of hydrogen-bond donors (Lipinski definition) is 1. The molecule has 0 spiro atoms. The molecule has 1 fully saturated rings. The van der Waals surface area contributed by atoms with E-state index in [1.54, 1.807) is 18.2 Å². The fourth-order valence-electron chi connectivity index (χ4n) is 2.81. The first kappa shape index (κ1) is 23.8. The topological polar surface area (TPSA) is 111 Å². The fourth-order valence-corrected chi connectivity index (χ4v) is 3.64. The van der Waals surface area contributed by atoms with Crippen LogP contribution in [0.4, 0.5) is 14.9 Å². The quantitative estimate of drug-likeness (QED) is 0.459. The van der Waals surface area contributed by atoms with E-state index in [2.05, 4.69) is 10.1 Å². The maximum absolute atomic E-state index is 13.0. The number of amides is 3. The first-order valence-corrected chi connectivity index (χ1v) is 10.3. The van der Waals surface area contributed by atoms with Crippen LogP contribution in [0.1, 0.15) is 5.56 Å². The van der Waals surface area contributed by atoms with E-state index in [0.717, 1.165) is 4.90 Å². The van der Waals surface area contributed by atoms with Crippen LogP contribution in [-0.4, -0.2) is 55.3 Å². The van der Waals surface area contributed by atoms with Gasteiger partial charge in [-0.3, -0.25) is 19.3 Å². The van der Waals surface area contributed by atoms with E-state index in [1.165, 1.54) is 44.6 Å². The number of imide groups is 1. The van der Waals surface area contributed by atoms with Gasteiger partial charge in [-0.15, -0.1) is 0 Å². The van der Waals surface area contributed by atoms with Gasteiger partial charge in [0.25, 0.3) is 11.1 Å². The maximum atomic E-state index is 13.0. The van der Waals surface area contributed by atoms with Crippen molar-refractivity contribution in [3.63, 3.8) is 0 Å². The molecule has 1 heterocycles. The van der Waals surface area contributed by atoms with Crippen molar-refractivity contribution in [1.29, 1.82) is 0 Å². The Hall–Kier alpha value is -3.86. The van der Waals surface area contributed by atoms with E-state index in [1.807, 2.05) is 0 Å². The molecule has 1 aliphatic heterocycles. The van der Waals surface area contributed by atoms with Crippen molar-refractivity contribution >= 4 is 46.5 Å². The lowest BCUT2D eigenvalue weighted by Crippen LogP contribution is -2.36. The molecule has 9 nitrogen and oxygen atoms in total. The minimum Gasteiger partial charge on any atom is -0.493 e. The van der Waals surface area contributed by atoms with Crippen LogP contribution < -0.4 is 14.8 Å². The summed E-state index contributed by atoms with van der Waals surface area (Å²) < 4.78 is 28.3. The normalized spacial score (nSPS) is 14.4. The fraction of sp³-hybridized carbons (Fsp3) is 0.182. The summed E-state index contributed by atoms with van der Waals surface area (Å²) in [6.45, 7) is -0.897. The average Bonchev–Trinajstić information content (AvgIpc) is 3.06. The third kappa shape index (κ3) is 5.89. The molecule has 0 atom stereocenters. The van der Waals surface area contributed by atoms with E-state index in [9.17, 15) is 23.6 Å². The first-order chi connectivity index (χ1) is 15.8. The first-order valence-electron chi connectivity index (χ1n) is 9.49. The molecule has 1 saturated heterocycles. The largest absolute Gasteiger partial charge is 0.493 e. The molecule has 3 rings (SSSR count). The number of nitrogens with one attached hydrogen (secondary N) is 1. The zero-order valence-electron chi connectivity index (χ0n) is 17.6. The van der Waals surface area contributed by atoms with Crippen LogP contribution in [0, 0.1) is 5.82 Å². The van der Waals surface area contributed by atoms with Crippen LogP contribution in [0.2, 0.25) is 0 Å². The van der Waals surface area contributed by atoms with Crippen LogP contribution in [0.15, 0.2) is 47.4 Å². The van der Waals surface area contributed by atoms with Gasteiger partial charge in [0.1, 0.15) is 12.4 Å². The van der Waals surface area contributed by atoms with Crippen LogP contribution in [0.25, 0.3) is 6.08 Å². The lowest BCUT2D eigenvalue weighted by molar-refractivity contribution is -0.143. The highest BCUT2D eigenvalue weighted by Crippen LogP contribution is 2.37. The summed E-state index contributed by atoms with van der Waals surface area (Å²) in [6, 6.07) is 9.94. The standard InChI is InChI=1S/C22H19FN2O7S/c1-30-16-5-3-4-13(20(16)32-12-19(27)31-2)10-17-21(28)25(22(29)33-17)11-18(26)24-15-8-6-14(23)7-9-15/h3-10H,11-12H2,1-2H3,(H,24,26)/b17-10+. The summed E-state index contributed by atoms with van der Waals surface area (Å²) in [4.78, 5) is 49.7. The SMILES string of the molecule is COC(=O)COc1c(/C=C2/SC(=O)N(CC(=O)Nc3ccc(F)cc3)C2=O)cccc1OC. The zero-order valence-corrected chi connectivity index (χ0v) is 18.4. The molecule has 1 aliphatic rings. The highest BCUT2D eigenvalue weighted by Gasteiger charge is 2.36. The van der Waals surface area contributed by atoms with Crippen LogP contribution in [0.5, 0.6) is 11.5 Å². The predicted molar refractivity (Wildman–Crippen MR) is 118 cm³/mol. The molecule has 1 N–H and O–H groups in total. The summed E-state index contributed by atoms with van der Waals surface area (Å²) in [5.41, 5.74) is 0.715. The van der Waals surface area contributed by atoms with E-state index in [4.69, 9.17) is 9.47 Å². The van der Waals surface area contributed by atoms with E-state index in [-0.39, 0.29) is 17.3 Å². The lowest BCUT2D eigenvalue weighted by Gasteiger charge is -2.13. The minimum atomic E-state index is -0.666. The molecule has 2 aromatic carbocycles. The summed E-state index contributed by atoms with van der Waals surface area (Å²) in [5, 5.41) is 1.87. The van der Waals surface area contributed by atoms with Crippen molar-refractivity contribution in [2.24, 2.45) is 0 Å². The molecule has 0 aromatic heterocycles. The Morgan fingerprint density at radius 3 is 2.52 bits per heavy atom. The van der Waals surface area contributed by atoms with Crippen molar-refractivity contribution in [2.45, 2.75) is 0 Å². The van der Waals surface area contributed by atoms with E-state index >= 15 is 0 Å². The highest BCUT2D eigenvalue weighted by atomic mass is 32.2. The monoisotopic (exact) mass is 474 g/mol. The van der Waals surface area contributed by atoms with Crippen molar-refractivity contribution in [3.8, 4) is 11.5 Å². The number of carbonyl (C=O) groups excluding carboxylic acids is 4. The number of methoxy groups -OCH3 is 2. The van der Waals surface area contributed by atoms with Gasteiger partial charge in [-0.05, 0) is 48.2 Å². The van der Waals surface area contributed by atoms with Gasteiger partial charge in [0.2, 0.25) is 5.91 Å². The third-order valence-electron chi connectivity index (χ3n) is 4.38. The maximum Gasteiger partial charge on any atom is 0.343 e. The number of hydrogen-bond acceptors (Lipinski definition) is 8. The Morgan fingerprint density at radius 2 is 1.85 bits per heavy atom. The molecule has 2 aromatic rings. The van der Waals surface area contributed by atoms with E-state index < -0.39 is 35.4 Å². The molecule has 0 aliphatic carbocycles. The molecule has 0 unspecified atom stereocenters. The zero-order chi connectivity index (χ0) is 24.0. The van der Waals surface area contributed by atoms with E-state index in [0.29, 0.717) is 28.8 Å². The Balaban J connectivity index is 1.77.